The summed E-state index contributed by atoms with van der Waals surface area (Å²) in [7, 11) is 0. The monoisotopic (exact) mass is 310 g/mol. The summed E-state index contributed by atoms with van der Waals surface area (Å²) in [6.45, 7) is 7.34. The molecule has 1 aromatic heterocycles. The first-order valence-electron chi connectivity index (χ1n) is 7.05. The van der Waals surface area contributed by atoms with Crippen molar-refractivity contribution in [2.45, 2.75) is 32.4 Å². The normalized spacial score (nSPS) is 27.2. The number of piperidine rings is 1. The van der Waals surface area contributed by atoms with Gasteiger partial charge in [0.05, 0.1) is 12.4 Å². The number of hydrogen-bond acceptors (Lipinski definition) is 5. The maximum Gasteiger partial charge on any atom is 0.407 e. The molecule has 2 fully saturated rings. The molecule has 1 aliphatic carbocycles. The lowest BCUT2D eigenvalue weighted by Crippen LogP contribution is -2.38. The molecule has 1 amide bonds. The molecular weight excluding hydrogens is 292 g/mol. The van der Waals surface area contributed by atoms with Crippen LogP contribution in [0.5, 0.6) is 0 Å². The maximum atomic E-state index is 11.7. The highest BCUT2D eigenvalue weighted by atomic mass is 35.5. The Balaban J connectivity index is 1.50. The molecule has 1 aliphatic heterocycles. The summed E-state index contributed by atoms with van der Waals surface area (Å²) in [5, 5.41) is 3.34. The summed E-state index contributed by atoms with van der Waals surface area (Å²) in [6, 6.07) is 0.219. The molecule has 2 heterocycles. The first-order chi connectivity index (χ1) is 9.83. The number of amides is 1. The molecule has 21 heavy (non-hydrogen) atoms. The number of rotatable bonds is 2. The number of alkyl carbamates (subject to hydrolysis) is 1. The highest BCUT2D eigenvalue weighted by Crippen LogP contribution is 2.46. The molecule has 0 aromatic carbocycles. The first kappa shape index (κ1) is 14.4. The second kappa shape index (κ2) is 5.02. The number of carbonyl (C=O) groups excluding carboxylic acids is 1. The fourth-order valence-electron chi connectivity index (χ4n) is 2.84. The minimum Gasteiger partial charge on any atom is -0.444 e. The van der Waals surface area contributed by atoms with Crippen LogP contribution in [0.2, 0.25) is 5.15 Å². The Hall–Kier alpha value is -1.56. The van der Waals surface area contributed by atoms with Gasteiger partial charge in [-0.25, -0.2) is 14.8 Å². The lowest BCUT2D eigenvalue weighted by Gasteiger charge is -2.22. The second-order valence-corrected chi connectivity index (χ2v) is 6.99. The van der Waals surface area contributed by atoms with E-state index in [1.807, 2.05) is 20.8 Å². The van der Waals surface area contributed by atoms with Crippen LogP contribution >= 0.6 is 11.6 Å². The smallest absolute Gasteiger partial charge is 0.407 e. The third-order valence-electron chi connectivity index (χ3n) is 3.81. The Kier molecular flexibility index (Phi) is 3.43. The highest BCUT2D eigenvalue weighted by Gasteiger charge is 2.57. The number of fused-ring (bicyclic) bond motifs is 1. The van der Waals surface area contributed by atoms with E-state index < -0.39 is 5.60 Å². The van der Waals surface area contributed by atoms with Gasteiger partial charge in [-0.3, -0.25) is 0 Å². The highest BCUT2D eigenvalue weighted by molar-refractivity contribution is 6.29. The minimum atomic E-state index is -0.459. The van der Waals surface area contributed by atoms with E-state index in [2.05, 4.69) is 20.2 Å². The van der Waals surface area contributed by atoms with Crippen LogP contribution in [0.15, 0.2) is 12.4 Å². The Morgan fingerprint density at radius 3 is 2.52 bits per heavy atom. The molecule has 1 aromatic rings. The van der Waals surface area contributed by atoms with Crippen LogP contribution in [0.4, 0.5) is 10.6 Å². The first-order valence-corrected chi connectivity index (χ1v) is 7.43. The van der Waals surface area contributed by atoms with Gasteiger partial charge in [-0.2, -0.15) is 0 Å². The summed E-state index contributed by atoms with van der Waals surface area (Å²) in [6.07, 6.45) is 2.90. The van der Waals surface area contributed by atoms with Crippen LogP contribution in [0, 0.1) is 11.8 Å². The fraction of sp³-hybridized carbons (Fsp3) is 0.643. The Morgan fingerprint density at radius 1 is 1.33 bits per heavy atom. The number of nitrogens with one attached hydrogen (secondary N) is 1. The molecule has 6 nitrogen and oxygen atoms in total. The molecule has 2 aliphatic rings. The summed E-state index contributed by atoms with van der Waals surface area (Å²) < 4.78 is 5.28. The van der Waals surface area contributed by atoms with Crippen molar-refractivity contribution < 1.29 is 9.53 Å². The van der Waals surface area contributed by atoms with E-state index in [1.165, 1.54) is 0 Å². The van der Waals surface area contributed by atoms with E-state index in [-0.39, 0.29) is 12.1 Å². The molecule has 0 unspecified atom stereocenters. The minimum absolute atomic E-state index is 0.219. The lowest BCUT2D eigenvalue weighted by atomic mass is 10.2. The number of nitrogens with zero attached hydrogens (tertiary/aromatic N) is 3. The Labute approximate surface area is 128 Å². The van der Waals surface area contributed by atoms with Crippen LogP contribution in [0.1, 0.15) is 20.8 Å². The van der Waals surface area contributed by atoms with Crippen LogP contribution in [-0.4, -0.2) is 40.8 Å². The van der Waals surface area contributed by atoms with Gasteiger partial charge >= 0.3 is 6.09 Å². The molecule has 1 N–H and O–H groups in total. The summed E-state index contributed by atoms with van der Waals surface area (Å²) in [5.74, 6) is 1.77. The van der Waals surface area contributed by atoms with Crippen LogP contribution in [-0.2, 0) is 4.74 Å². The predicted molar refractivity (Wildman–Crippen MR) is 79.4 cm³/mol. The van der Waals surface area contributed by atoms with Gasteiger partial charge in [-0.1, -0.05) is 11.6 Å². The lowest BCUT2D eigenvalue weighted by molar-refractivity contribution is 0.0518. The number of aromatic nitrogens is 2. The van der Waals surface area contributed by atoms with E-state index in [0.717, 1.165) is 18.9 Å². The largest absolute Gasteiger partial charge is 0.444 e. The molecule has 1 saturated carbocycles. The van der Waals surface area contributed by atoms with Crippen molar-refractivity contribution in [1.82, 2.24) is 15.3 Å². The molecule has 0 bridgehead atoms. The van der Waals surface area contributed by atoms with Crippen molar-refractivity contribution in [3.8, 4) is 0 Å². The van der Waals surface area contributed by atoms with Gasteiger partial charge in [0.2, 0.25) is 0 Å². The fourth-order valence-corrected chi connectivity index (χ4v) is 2.94. The van der Waals surface area contributed by atoms with Crippen LogP contribution < -0.4 is 10.2 Å². The molecule has 3 atom stereocenters. The van der Waals surface area contributed by atoms with Gasteiger partial charge in [0, 0.05) is 31.0 Å². The van der Waals surface area contributed by atoms with Gasteiger partial charge in [-0.05, 0) is 20.8 Å². The van der Waals surface area contributed by atoms with Crippen molar-refractivity contribution >= 4 is 23.5 Å². The third-order valence-corrected chi connectivity index (χ3v) is 4.00. The molecule has 0 radical (unpaired) electrons. The standard InChI is InChI=1S/C14H19ClN4O2/c1-14(2,3)21-13(20)18-12-8-6-19(7-9(8)12)11-5-16-10(15)4-17-11/h4-5,8-9,12H,6-7H2,1-3H3,(H,18,20)/t8-,9+,12-. The van der Waals surface area contributed by atoms with E-state index >= 15 is 0 Å². The van der Waals surface area contributed by atoms with Crippen LogP contribution in [0.3, 0.4) is 0 Å². The van der Waals surface area contributed by atoms with Gasteiger partial charge in [0.1, 0.15) is 16.6 Å². The average Bonchev–Trinajstić information content (AvgIpc) is 2.83. The Bertz CT molecular complexity index is 531. The zero-order valence-corrected chi connectivity index (χ0v) is 13.1. The number of halogens is 1. The van der Waals surface area contributed by atoms with Crippen molar-refractivity contribution in [1.29, 1.82) is 0 Å². The van der Waals surface area contributed by atoms with Gasteiger partial charge in [0.25, 0.3) is 0 Å². The number of anilines is 1. The van der Waals surface area contributed by atoms with Crippen molar-refractivity contribution in [3.63, 3.8) is 0 Å². The van der Waals surface area contributed by atoms with E-state index in [4.69, 9.17) is 16.3 Å². The number of ether oxygens (including phenoxy) is 1. The van der Waals surface area contributed by atoms with Crippen LogP contribution in [0.25, 0.3) is 0 Å². The number of carbonyl (C=O) groups is 1. The van der Waals surface area contributed by atoms with Crippen molar-refractivity contribution in [3.05, 3.63) is 17.5 Å². The molecule has 114 valence electrons. The second-order valence-electron chi connectivity index (χ2n) is 6.60. The molecule has 7 heteroatoms. The quantitative estimate of drug-likeness (QED) is 0.906. The van der Waals surface area contributed by atoms with E-state index in [1.54, 1.807) is 12.4 Å². The maximum absolute atomic E-state index is 11.7. The zero-order valence-electron chi connectivity index (χ0n) is 12.3. The molecular formula is C14H19ClN4O2. The molecule has 3 rings (SSSR count). The van der Waals surface area contributed by atoms with Gasteiger partial charge in [0.15, 0.2) is 0 Å². The summed E-state index contributed by atoms with van der Waals surface area (Å²) >= 11 is 5.74. The topological polar surface area (TPSA) is 67.3 Å². The molecule has 0 spiro atoms. The SMILES string of the molecule is CC(C)(C)OC(=O)N[C@@H]1[C@@H]2CN(c3cnc(Cl)cn3)C[C@@H]21. The molecule has 1 saturated heterocycles. The van der Waals surface area contributed by atoms with Crippen molar-refractivity contribution in [2.24, 2.45) is 11.8 Å². The zero-order chi connectivity index (χ0) is 15.2. The predicted octanol–water partition coefficient (Wildman–Crippen LogP) is 2.09. The van der Waals surface area contributed by atoms with Crippen molar-refractivity contribution in [2.75, 3.05) is 18.0 Å². The Morgan fingerprint density at radius 2 is 2.00 bits per heavy atom. The summed E-state index contributed by atoms with van der Waals surface area (Å²) in [5.41, 5.74) is -0.459. The van der Waals surface area contributed by atoms with E-state index in [0.29, 0.717) is 17.0 Å². The number of hydrogen-bond donors (Lipinski definition) is 1. The third kappa shape index (κ3) is 3.20. The van der Waals surface area contributed by atoms with E-state index in [9.17, 15) is 4.79 Å². The summed E-state index contributed by atoms with van der Waals surface area (Å²) in [4.78, 5) is 22.2. The van der Waals surface area contributed by atoms with Gasteiger partial charge < -0.3 is 15.0 Å². The average molecular weight is 311 g/mol. The van der Waals surface area contributed by atoms with Gasteiger partial charge in [-0.15, -0.1) is 0 Å².